The van der Waals surface area contributed by atoms with E-state index in [0.717, 1.165) is 47.9 Å². The van der Waals surface area contributed by atoms with Crippen molar-refractivity contribution in [3.63, 3.8) is 0 Å². The molecule has 206 valence electrons. The Morgan fingerprint density at radius 2 is 1.82 bits per heavy atom. The molecule has 2 fully saturated rings. The molecule has 1 amide bonds. The lowest BCUT2D eigenvalue weighted by Crippen LogP contribution is -2.59. The average molecular weight is 568 g/mol. The minimum atomic E-state index is -4.10. The molecule has 3 aliphatic rings. The van der Waals surface area contributed by atoms with Gasteiger partial charge >= 0.3 is 0 Å². The number of benzene rings is 2. The predicted octanol–water partition coefficient (Wildman–Crippen LogP) is 3.47. The van der Waals surface area contributed by atoms with E-state index in [1.807, 2.05) is 30.3 Å². The molecule has 2 atom stereocenters. The summed E-state index contributed by atoms with van der Waals surface area (Å²) in [6.07, 6.45) is 1.22. The number of aliphatic hydroxyl groups is 1. The number of thiophene rings is 1. The zero-order valence-corrected chi connectivity index (χ0v) is 23.3. The number of likely N-dealkylation sites (tertiary alicyclic amines) is 1. The Balaban J connectivity index is 1.32. The molecule has 1 spiro atoms. The van der Waals surface area contributed by atoms with Gasteiger partial charge in [-0.1, -0.05) is 42.5 Å². The van der Waals surface area contributed by atoms with Crippen LogP contribution in [0, 0.1) is 0 Å². The Hall–Kier alpha value is -2.76. The summed E-state index contributed by atoms with van der Waals surface area (Å²) < 4.78 is 35.2. The first kappa shape index (κ1) is 26.5. The van der Waals surface area contributed by atoms with Crippen LogP contribution in [0.2, 0.25) is 0 Å². The van der Waals surface area contributed by atoms with Crippen molar-refractivity contribution in [2.45, 2.75) is 54.8 Å². The van der Waals surface area contributed by atoms with Gasteiger partial charge in [0.25, 0.3) is 0 Å². The lowest BCUT2D eigenvalue weighted by Gasteiger charge is -2.43. The minimum Gasteiger partial charge on any atom is -0.492 e. The molecule has 39 heavy (non-hydrogen) atoms. The van der Waals surface area contributed by atoms with Gasteiger partial charge in [0.1, 0.15) is 16.7 Å². The van der Waals surface area contributed by atoms with Crippen LogP contribution >= 0.6 is 11.3 Å². The number of rotatable bonds is 3. The number of nitrogens with one attached hydrogen (secondary N) is 1. The SMILES string of the molecule is O=C1NC2(CCOc3cc(-c4ccccc4)ccc3S(=O)(=O)N3C[C@H](O)C[C@@H]13)CCN(Cc1cccs1)CC2. The van der Waals surface area contributed by atoms with E-state index in [9.17, 15) is 18.3 Å². The van der Waals surface area contributed by atoms with Crippen molar-refractivity contribution in [2.24, 2.45) is 0 Å². The summed E-state index contributed by atoms with van der Waals surface area (Å²) in [5.41, 5.74) is 1.30. The lowest BCUT2D eigenvalue weighted by molar-refractivity contribution is -0.127. The smallest absolute Gasteiger partial charge is 0.247 e. The van der Waals surface area contributed by atoms with Gasteiger partial charge < -0.3 is 15.2 Å². The normalized spacial score (nSPS) is 25.2. The Morgan fingerprint density at radius 1 is 1.03 bits per heavy atom. The Bertz CT molecular complexity index is 1420. The second-order valence-corrected chi connectivity index (χ2v) is 13.6. The van der Waals surface area contributed by atoms with Crippen molar-refractivity contribution < 1.29 is 23.1 Å². The second kappa shape index (κ2) is 10.7. The first-order valence-corrected chi connectivity index (χ1v) is 15.7. The van der Waals surface area contributed by atoms with E-state index in [4.69, 9.17) is 4.74 Å². The number of piperidine rings is 1. The number of nitrogens with zero attached hydrogens (tertiary/aromatic N) is 2. The van der Waals surface area contributed by atoms with Gasteiger partial charge in [-0.2, -0.15) is 4.31 Å². The molecule has 0 saturated carbocycles. The fraction of sp³-hybridized carbons (Fsp3) is 0.414. The van der Waals surface area contributed by atoms with E-state index in [0.29, 0.717) is 6.42 Å². The molecule has 0 unspecified atom stereocenters. The third-order valence-electron chi connectivity index (χ3n) is 8.17. The lowest BCUT2D eigenvalue weighted by atomic mass is 9.84. The van der Waals surface area contributed by atoms with E-state index < -0.39 is 27.7 Å². The fourth-order valence-electron chi connectivity index (χ4n) is 5.96. The number of amides is 1. The van der Waals surface area contributed by atoms with Gasteiger partial charge in [-0.3, -0.25) is 9.69 Å². The summed E-state index contributed by atoms with van der Waals surface area (Å²) >= 11 is 1.74. The quantitative estimate of drug-likeness (QED) is 0.503. The maximum absolute atomic E-state index is 13.9. The molecular formula is C29H33N3O5S2. The number of sulfonamides is 1. The van der Waals surface area contributed by atoms with Crippen molar-refractivity contribution in [3.05, 3.63) is 70.9 Å². The first-order chi connectivity index (χ1) is 18.8. The van der Waals surface area contributed by atoms with Gasteiger partial charge in [-0.25, -0.2) is 8.42 Å². The monoisotopic (exact) mass is 567 g/mol. The summed E-state index contributed by atoms with van der Waals surface area (Å²) in [5, 5.41) is 15.8. The van der Waals surface area contributed by atoms with Crippen LogP contribution in [0.15, 0.2) is 70.9 Å². The highest BCUT2D eigenvalue weighted by molar-refractivity contribution is 7.89. The third kappa shape index (κ3) is 5.36. The van der Waals surface area contributed by atoms with Gasteiger partial charge in [0, 0.05) is 49.4 Å². The summed E-state index contributed by atoms with van der Waals surface area (Å²) in [6.45, 7) is 2.68. The van der Waals surface area contributed by atoms with Crippen molar-refractivity contribution in [3.8, 4) is 16.9 Å². The van der Waals surface area contributed by atoms with Crippen molar-refractivity contribution in [2.75, 3.05) is 26.2 Å². The van der Waals surface area contributed by atoms with E-state index in [-0.39, 0.29) is 36.1 Å². The molecule has 1 aromatic heterocycles. The van der Waals surface area contributed by atoms with Crippen LogP contribution in [-0.2, 0) is 21.4 Å². The number of ether oxygens (including phenoxy) is 1. The second-order valence-electron chi connectivity index (χ2n) is 10.7. The van der Waals surface area contributed by atoms with E-state index in [2.05, 4.69) is 27.7 Å². The number of aliphatic hydroxyl groups excluding tert-OH is 1. The van der Waals surface area contributed by atoms with Crippen LogP contribution in [0.5, 0.6) is 5.75 Å². The fourth-order valence-corrected chi connectivity index (χ4v) is 8.46. The van der Waals surface area contributed by atoms with Gasteiger partial charge in [0.2, 0.25) is 15.9 Å². The van der Waals surface area contributed by atoms with Gasteiger partial charge in [0.15, 0.2) is 0 Å². The minimum absolute atomic E-state index is 0.0239. The highest BCUT2D eigenvalue weighted by atomic mass is 32.2. The molecular weight excluding hydrogens is 534 g/mol. The van der Waals surface area contributed by atoms with Crippen molar-refractivity contribution in [1.29, 1.82) is 0 Å². The Kier molecular flexibility index (Phi) is 7.24. The maximum Gasteiger partial charge on any atom is 0.247 e. The van der Waals surface area contributed by atoms with Crippen LogP contribution in [0.1, 0.15) is 30.6 Å². The molecule has 0 radical (unpaired) electrons. The highest BCUT2D eigenvalue weighted by Gasteiger charge is 2.47. The van der Waals surface area contributed by atoms with E-state index in [1.165, 1.54) is 4.88 Å². The molecule has 0 aliphatic carbocycles. The zero-order chi connectivity index (χ0) is 27.0. The van der Waals surface area contributed by atoms with Crippen molar-refractivity contribution >= 4 is 27.3 Å². The molecule has 3 aliphatic heterocycles. The molecule has 0 bridgehead atoms. The molecule has 2 aromatic carbocycles. The summed E-state index contributed by atoms with van der Waals surface area (Å²) in [5.74, 6) is -0.0673. The summed E-state index contributed by atoms with van der Waals surface area (Å²) in [4.78, 5) is 17.4. The zero-order valence-electron chi connectivity index (χ0n) is 21.7. The molecule has 8 nitrogen and oxygen atoms in total. The summed E-state index contributed by atoms with van der Waals surface area (Å²) in [7, 11) is -4.10. The average Bonchev–Trinajstić information content (AvgIpc) is 3.60. The number of carbonyl (C=O) groups excluding carboxylic acids is 1. The summed E-state index contributed by atoms with van der Waals surface area (Å²) in [6, 6.07) is 18.1. The van der Waals surface area contributed by atoms with Crippen LogP contribution in [-0.4, -0.2) is 72.6 Å². The molecule has 3 aromatic rings. The van der Waals surface area contributed by atoms with Gasteiger partial charge in [-0.15, -0.1) is 11.3 Å². The number of hydrogen-bond acceptors (Lipinski definition) is 7. The molecule has 2 N–H and O–H groups in total. The molecule has 6 rings (SSSR count). The van der Waals surface area contributed by atoms with Crippen LogP contribution in [0.4, 0.5) is 0 Å². The number of carbonyl (C=O) groups is 1. The van der Waals surface area contributed by atoms with Crippen LogP contribution in [0.3, 0.4) is 0 Å². The van der Waals surface area contributed by atoms with Gasteiger partial charge in [0.05, 0.1) is 12.7 Å². The van der Waals surface area contributed by atoms with Crippen LogP contribution in [0.25, 0.3) is 11.1 Å². The number of hydrogen-bond donors (Lipinski definition) is 2. The first-order valence-electron chi connectivity index (χ1n) is 13.4. The Morgan fingerprint density at radius 3 is 2.56 bits per heavy atom. The predicted molar refractivity (Wildman–Crippen MR) is 150 cm³/mol. The molecule has 4 heterocycles. The molecule has 2 saturated heterocycles. The number of fused-ring (bicyclic) bond motifs is 2. The topological polar surface area (TPSA) is 99.2 Å². The van der Waals surface area contributed by atoms with Crippen LogP contribution < -0.4 is 10.1 Å². The maximum atomic E-state index is 13.9. The largest absolute Gasteiger partial charge is 0.492 e. The van der Waals surface area contributed by atoms with Crippen molar-refractivity contribution in [1.82, 2.24) is 14.5 Å². The van der Waals surface area contributed by atoms with Gasteiger partial charge in [-0.05, 0) is 47.5 Å². The highest BCUT2D eigenvalue weighted by Crippen LogP contribution is 2.37. The standard InChI is InChI=1S/C29H33N3O5S2/c33-23-18-25-28(34)30-29(10-13-31(14-11-29)20-24-7-4-16-38-24)12-15-37-26-17-22(21-5-2-1-3-6-21)8-9-27(26)39(35,36)32(25)19-23/h1-9,16-17,23,25,33H,10-15,18-20H2,(H,30,34)/t23-,25+/m1/s1. The third-order valence-corrected chi connectivity index (χ3v) is 10.9. The Labute approximate surface area is 233 Å². The van der Waals surface area contributed by atoms with E-state index in [1.54, 1.807) is 29.5 Å². The molecule has 10 heteroatoms. The van der Waals surface area contributed by atoms with E-state index >= 15 is 0 Å².